The number of carbonyl (C=O) groups excluding carboxylic acids is 3. The summed E-state index contributed by atoms with van der Waals surface area (Å²) in [7, 11) is -3.44. The van der Waals surface area contributed by atoms with Crippen molar-refractivity contribution in [3.8, 4) is 0 Å². The Morgan fingerprint density at radius 1 is 1.17 bits per heavy atom. The van der Waals surface area contributed by atoms with Crippen LogP contribution in [0.25, 0.3) is 0 Å². The third-order valence-electron chi connectivity index (χ3n) is 5.76. The van der Waals surface area contributed by atoms with Crippen molar-refractivity contribution < 1.29 is 27.5 Å². The van der Waals surface area contributed by atoms with Crippen LogP contribution < -0.4 is 0 Å². The lowest BCUT2D eigenvalue weighted by molar-refractivity contribution is -0.133. The second-order valence-electron chi connectivity index (χ2n) is 7.76. The maximum absolute atomic E-state index is 12.4. The van der Waals surface area contributed by atoms with Crippen LogP contribution in [0.4, 0.5) is 0 Å². The summed E-state index contributed by atoms with van der Waals surface area (Å²) in [5.41, 5.74) is 0.00493. The topological polar surface area (TPSA) is 94.6 Å². The summed E-state index contributed by atoms with van der Waals surface area (Å²) in [6.45, 7) is 2.56. The summed E-state index contributed by atoms with van der Waals surface area (Å²) in [5, 5.41) is -0.0642. The molecule has 1 aliphatic heterocycles. The molecule has 6 nitrogen and oxygen atoms in total. The van der Waals surface area contributed by atoms with Crippen molar-refractivity contribution >= 4 is 38.8 Å². The molecule has 4 rings (SSSR count). The zero-order valence-electron chi connectivity index (χ0n) is 16.4. The van der Waals surface area contributed by atoms with Gasteiger partial charge in [0, 0.05) is 25.0 Å². The van der Waals surface area contributed by atoms with E-state index in [2.05, 4.69) is 0 Å². The number of Topliss-reactive ketones (excluding diaryl/α,β-unsaturated/α-hetero) is 3. The number of ether oxygens (including phenoxy) is 1. The third-order valence-corrected chi connectivity index (χ3v) is 7.80. The Bertz CT molecular complexity index is 889. The minimum atomic E-state index is -3.44. The lowest BCUT2D eigenvalue weighted by Crippen LogP contribution is -2.35. The van der Waals surface area contributed by atoms with E-state index in [1.54, 1.807) is 0 Å². The van der Waals surface area contributed by atoms with E-state index in [0.29, 0.717) is 12.5 Å². The molecule has 1 aromatic rings. The SMILES string of the molecule is C1CC2CC1CO2.CCS(=O)(=O)c1ccc(C(=O)C2C(=O)CCCC2=O)c(Cl)c1. The van der Waals surface area contributed by atoms with Gasteiger partial charge in [-0.25, -0.2) is 8.42 Å². The molecule has 0 aromatic heterocycles. The highest BCUT2D eigenvalue weighted by Crippen LogP contribution is 2.34. The van der Waals surface area contributed by atoms with Gasteiger partial charge in [0.25, 0.3) is 0 Å². The fraction of sp³-hybridized carbons (Fsp3) is 0.571. The minimum absolute atomic E-state index is 0.00493. The van der Waals surface area contributed by atoms with Gasteiger partial charge in [-0.15, -0.1) is 0 Å². The standard InChI is InChI=1S/C15H15ClO5S.C6H10O/c1-2-22(20,21)9-6-7-10(11(16)8-9)15(19)14-12(17)4-3-5-13(14)18;1-2-6-3-5(1)4-7-6/h6-8,14H,2-5H2,1H3;5-6H,1-4H2. The molecule has 2 saturated carbocycles. The first-order valence-corrected chi connectivity index (χ1v) is 12.0. The number of hydrogen-bond donors (Lipinski definition) is 0. The van der Waals surface area contributed by atoms with Crippen molar-refractivity contribution in [2.24, 2.45) is 11.8 Å². The van der Waals surface area contributed by atoms with Crippen molar-refractivity contribution in [2.75, 3.05) is 12.4 Å². The summed E-state index contributed by atoms with van der Waals surface area (Å²) in [6.07, 6.45) is 5.66. The predicted molar refractivity (Wildman–Crippen MR) is 108 cm³/mol. The van der Waals surface area contributed by atoms with Crippen LogP contribution in [0.2, 0.25) is 5.02 Å². The monoisotopic (exact) mass is 440 g/mol. The molecule has 1 saturated heterocycles. The van der Waals surface area contributed by atoms with Gasteiger partial charge in [-0.05, 0) is 49.8 Å². The molecule has 2 aliphatic carbocycles. The fourth-order valence-electron chi connectivity index (χ4n) is 4.01. The molecule has 2 atom stereocenters. The van der Waals surface area contributed by atoms with Gasteiger partial charge in [-0.1, -0.05) is 18.5 Å². The van der Waals surface area contributed by atoms with Crippen molar-refractivity contribution in [2.45, 2.75) is 56.4 Å². The molecule has 0 spiro atoms. The Hall–Kier alpha value is -1.57. The van der Waals surface area contributed by atoms with E-state index in [1.807, 2.05) is 0 Å². The van der Waals surface area contributed by atoms with Gasteiger partial charge >= 0.3 is 0 Å². The summed E-state index contributed by atoms with van der Waals surface area (Å²) in [4.78, 5) is 36.1. The molecule has 29 heavy (non-hydrogen) atoms. The Balaban J connectivity index is 0.000000283. The second-order valence-corrected chi connectivity index (χ2v) is 10.4. The van der Waals surface area contributed by atoms with E-state index in [1.165, 1.54) is 44.4 Å². The van der Waals surface area contributed by atoms with Crippen molar-refractivity contribution in [3.63, 3.8) is 0 Å². The van der Waals surface area contributed by atoms with Crippen LogP contribution in [-0.4, -0.2) is 44.2 Å². The average molecular weight is 441 g/mol. The van der Waals surface area contributed by atoms with E-state index < -0.39 is 33.1 Å². The number of rotatable bonds is 4. The molecular formula is C21H25ClO6S. The number of fused-ring (bicyclic) bond motifs is 2. The molecule has 3 fully saturated rings. The van der Waals surface area contributed by atoms with Gasteiger partial charge in [0.2, 0.25) is 0 Å². The molecule has 3 aliphatic rings. The van der Waals surface area contributed by atoms with Crippen LogP contribution in [0.1, 0.15) is 55.8 Å². The quantitative estimate of drug-likeness (QED) is 0.525. The summed E-state index contributed by atoms with van der Waals surface area (Å²) in [5.74, 6) is -1.90. The summed E-state index contributed by atoms with van der Waals surface area (Å²) in [6, 6.07) is 3.73. The first-order chi connectivity index (χ1) is 13.7. The highest BCUT2D eigenvalue weighted by Gasteiger charge is 2.37. The van der Waals surface area contributed by atoms with Crippen LogP contribution in [0.5, 0.6) is 0 Å². The second kappa shape index (κ2) is 9.06. The van der Waals surface area contributed by atoms with Crippen LogP contribution in [0, 0.1) is 11.8 Å². The van der Waals surface area contributed by atoms with E-state index in [0.717, 1.165) is 12.5 Å². The number of benzene rings is 1. The zero-order valence-corrected chi connectivity index (χ0v) is 17.9. The van der Waals surface area contributed by atoms with Gasteiger partial charge in [0.15, 0.2) is 27.2 Å². The normalized spacial score (nSPS) is 24.3. The van der Waals surface area contributed by atoms with E-state index in [4.69, 9.17) is 16.3 Å². The van der Waals surface area contributed by atoms with Gasteiger partial charge in [0.05, 0.1) is 21.8 Å². The first-order valence-electron chi connectivity index (χ1n) is 9.96. The highest BCUT2D eigenvalue weighted by atomic mass is 35.5. The molecule has 0 N–H and O–H groups in total. The lowest BCUT2D eigenvalue weighted by atomic mass is 9.82. The number of halogens is 1. The van der Waals surface area contributed by atoms with Gasteiger partial charge in [0.1, 0.15) is 5.92 Å². The van der Waals surface area contributed by atoms with Crippen LogP contribution in [-0.2, 0) is 24.2 Å². The van der Waals surface area contributed by atoms with Crippen LogP contribution in [0.3, 0.4) is 0 Å². The smallest absolute Gasteiger partial charge is 0.182 e. The molecule has 1 aromatic carbocycles. The molecule has 2 bridgehead atoms. The molecule has 158 valence electrons. The molecule has 0 amide bonds. The predicted octanol–water partition coefficient (Wildman–Crippen LogP) is 3.44. The molecule has 2 unspecified atom stereocenters. The van der Waals surface area contributed by atoms with Gasteiger partial charge in [-0.2, -0.15) is 0 Å². The van der Waals surface area contributed by atoms with E-state index in [9.17, 15) is 22.8 Å². The van der Waals surface area contributed by atoms with Crippen molar-refractivity contribution in [1.29, 1.82) is 0 Å². The fourth-order valence-corrected chi connectivity index (χ4v) is 5.26. The Morgan fingerprint density at radius 3 is 2.28 bits per heavy atom. The number of ketones is 3. The van der Waals surface area contributed by atoms with Gasteiger partial charge < -0.3 is 4.74 Å². The molecular weight excluding hydrogens is 416 g/mol. The first kappa shape index (κ1) is 22.1. The maximum atomic E-state index is 12.4. The van der Waals surface area contributed by atoms with Crippen molar-refractivity contribution in [3.05, 3.63) is 28.8 Å². The minimum Gasteiger partial charge on any atom is -0.378 e. The van der Waals surface area contributed by atoms with Gasteiger partial charge in [-0.3, -0.25) is 14.4 Å². The Morgan fingerprint density at radius 2 is 1.86 bits per heavy atom. The highest BCUT2D eigenvalue weighted by molar-refractivity contribution is 7.91. The van der Waals surface area contributed by atoms with E-state index in [-0.39, 0.29) is 34.1 Å². The maximum Gasteiger partial charge on any atom is 0.182 e. The Kier molecular flexibility index (Phi) is 6.91. The molecule has 1 heterocycles. The number of carbonyl (C=O) groups is 3. The summed E-state index contributed by atoms with van der Waals surface area (Å²) >= 11 is 5.99. The van der Waals surface area contributed by atoms with Crippen molar-refractivity contribution in [1.82, 2.24) is 0 Å². The lowest BCUT2D eigenvalue weighted by Gasteiger charge is -2.18. The molecule has 8 heteroatoms. The number of hydrogen-bond acceptors (Lipinski definition) is 6. The third kappa shape index (κ3) is 4.95. The van der Waals surface area contributed by atoms with Crippen LogP contribution in [0.15, 0.2) is 23.1 Å². The molecule has 0 radical (unpaired) electrons. The summed E-state index contributed by atoms with van der Waals surface area (Å²) < 4.78 is 28.9. The average Bonchev–Trinajstić information content (AvgIpc) is 3.34. The largest absolute Gasteiger partial charge is 0.378 e. The zero-order chi connectivity index (χ0) is 21.2. The van der Waals surface area contributed by atoms with Crippen LogP contribution >= 0.6 is 11.6 Å². The number of sulfone groups is 1. The van der Waals surface area contributed by atoms with E-state index >= 15 is 0 Å². The Labute approximate surface area is 175 Å².